The van der Waals surface area contributed by atoms with Crippen molar-refractivity contribution in [1.29, 1.82) is 0 Å². The van der Waals surface area contributed by atoms with Crippen LogP contribution in [0.1, 0.15) is 23.6 Å². The molecular weight excluding hydrogens is 322 g/mol. The van der Waals surface area contributed by atoms with Gasteiger partial charge < -0.3 is 15.7 Å². The zero-order valence-electron chi connectivity index (χ0n) is 14.4. The van der Waals surface area contributed by atoms with Gasteiger partial charge in [-0.2, -0.15) is 0 Å². The summed E-state index contributed by atoms with van der Waals surface area (Å²) >= 11 is 0. The van der Waals surface area contributed by atoms with E-state index in [-0.39, 0.29) is 12.2 Å². The Kier molecular flexibility index (Phi) is 5.38. The first kappa shape index (κ1) is 18.4. The maximum Gasteiger partial charge on any atom is 0.319 e. The molecule has 1 unspecified atom stereocenters. The van der Waals surface area contributed by atoms with Crippen molar-refractivity contribution in [2.75, 3.05) is 11.9 Å². The second-order valence-corrected chi connectivity index (χ2v) is 6.11. The highest BCUT2D eigenvalue weighted by molar-refractivity contribution is 5.91. The summed E-state index contributed by atoms with van der Waals surface area (Å²) < 4.78 is 0. The maximum absolute atomic E-state index is 12.2. The van der Waals surface area contributed by atoms with E-state index < -0.39 is 16.6 Å². The Morgan fingerprint density at radius 3 is 2.44 bits per heavy atom. The maximum atomic E-state index is 12.2. The van der Waals surface area contributed by atoms with Gasteiger partial charge in [-0.15, -0.1) is 0 Å². The lowest BCUT2D eigenvalue weighted by Crippen LogP contribution is -2.40. The highest BCUT2D eigenvalue weighted by Gasteiger charge is 2.24. The summed E-state index contributed by atoms with van der Waals surface area (Å²) in [5.41, 5.74) is 0.884. The monoisotopic (exact) mass is 343 g/mol. The fraction of sp³-hybridized carbons (Fsp3) is 0.278. The molecule has 25 heavy (non-hydrogen) atoms. The molecule has 0 saturated heterocycles. The van der Waals surface area contributed by atoms with E-state index in [1.54, 1.807) is 51.1 Å². The molecule has 0 heterocycles. The third-order valence-corrected chi connectivity index (χ3v) is 4.07. The minimum atomic E-state index is -1.23. The number of urea groups is 1. The van der Waals surface area contributed by atoms with Crippen molar-refractivity contribution in [3.05, 3.63) is 69.3 Å². The number of hydrogen-bond donors (Lipinski definition) is 3. The van der Waals surface area contributed by atoms with Gasteiger partial charge in [0.15, 0.2) is 0 Å². The lowest BCUT2D eigenvalue weighted by atomic mass is 9.96. The summed E-state index contributed by atoms with van der Waals surface area (Å²) in [6.07, 6.45) is 0. The summed E-state index contributed by atoms with van der Waals surface area (Å²) in [4.78, 5) is 22.7. The Bertz CT molecular complexity index is 788. The van der Waals surface area contributed by atoms with Crippen molar-refractivity contribution in [2.24, 2.45) is 0 Å². The molecule has 0 radical (unpaired) electrons. The first-order valence-electron chi connectivity index (χ1n) is 7.79. The van der Waals surface area contributed by atoms with Gasteiger partial charge in [-0.05, 0) is 31.9 Å². The molecule has 0 aliphatic carbocycles. The van der Waals surface area contributed by atoms with E-state index in [9.17, 15) is 20.0 Å². The number of aryl methyl sites for hydroxylation is 1. The first-order chi connectivity index (χ1) is 11.7. The number of nitrogens with one attached hydrogen (secondary N) is 2. The van der Waals surface area contributed by atoms with E-state index in [0.29, 0.717) is 22.4 Å². The van der Waals surface area contributed by atoms with Crippen LogP contribution in [0.25, 0.3) is 0 Å². The molecule has 2 aromatic rings. The van der Waals surface area contributed by atoms with Crippen molar-refractivity contribution in [3.63, 3.8) is 0 Å². The average molecular weight is 343 g/mol. The van der Waals surface area contributed by atoms with Crippen LogP contribution in [-0.4, -0.2) is 22.6 Å². The van der Waals surface area contributed by atoms with Gasteiger partial charge in [0.2, 0.25) is 0 Å². The average Bonchev–Trinajstić information content (AvgIpc) is 2.57. The number of nitro groups is 1. The molecule has 7 nitrogen and oxygen atoms in total. The highest BCUT2D eigenvalue weighted by atomic mass is 16.6. The van der Waals surface area contributed by atoms with E-state index >= 15 is 0 Å². The number of carbonyl (C=O) groups excluding carboxylic acids is 1. The molecule has 0 aliphatic heterocycles. The van der Waals surface area contributed by atoms with Crippen LogP contribution in [0, 0.1) is 24.0 Å². The zero-order chi connectivity index (χ0) is 18.6. The van der Waals surface area contributed by atoms with Gasteiger partial charge in [-0.1, -0.05) is 36.4 Å². The minimum Gasteiger partial charge on any atom is -0.384 e. The SMILES string of the molecule is Cc1ccc([N+](=O)[O-])c(C)c1NC(=O)NCC(C)(O)c1ccccc1. The zero-order valence-corrected chi connectivity index (χ0v) is 14.4. The van der Waals surface area contributed by atoms with Gasteiger partial charge in [0.1, 0.15) is 5.60 Å². The minimum absolute atomic E-state index is 0.00410. The van der Waals surface area contributed by atoms with Crippen molar-refractivity contribution in [1.82, 2.24) is 5.32 Å². The van der Waals surface area contributed by atoms with E-state index in [2.05, 4.69) is 10.6 Å². The number of anilines is 1. The van der Waals surface area contributed by atoms with Crippen molar-refractivity contribution in [2.45, 2.75) is 26.4 Å². The number of hydrogen-bond acceptors (Lipinski definition) is 4. The van der Waals surface area contributed by atoms with Crippen LogP contribution < -0.4 is 10.6 Å². The molecule has 3 N–H and O–H groups in total. The normalized spacial score (nSPS) is 13.0. The van der Waals surface area contributed by atoms with E-state index in [4.69, 9.17) is 0 Å². The molecule has 132 valence electrons. The van der Waals surface area contributed by atoms with Crippen LogP contribution in [0.4, 0.5) is 16.2 Å². The van der Waals surface area contributed by atoms with E-state index in [0.717, 1.165) is 0 Å². The van der Waals surface area contributed by atoms with Gasteiger partial charge >= 0.3 is 6.03 Å². The number of rotatable bonds is 5. The molecule has 2 amide bonds. The van der Waals surface area contributed by atoms with Crippen molar-refractivity contribution >= 4 is 17.4 Å². The Morgan fingerprint density at radius 1 is 1.20 bits per heavy atom. The molecule has 0 aromatic heterocycles. The fourth-order valence-electron chi connectivity index (χ4n) is 2.54. The third kappa shape index (κ3) is 4.33. The summed E-state index contributed by atoms with van der Waals surface area (Å²) in [6.45, 7) is 4.94. The molecule has 0 spiro atoms. The first-order valence-corrected chi connectivity index (χ1v) is 7.79. The van der Waals surface area contributed by atoms with Crippen LogP contribution in [-0.2, 0) is 5.60 Å². The lowest BCUT2D eigenvalue weighted by molar-refractivity contribution is -0.385. The molecule has 1 atom stereocenters. The van der Waals surface area contributed by atoms with Crippen LogP contribution in [0.3, 0.4) is 0 Å². The topological polar surface area (TPSA) is 105 Å². The summed E-state index contributed by atoms with van der Waals surface area (Å²) in [5.74, 6) is 0. The molecule has 2 aromatic carbocycles. The number of nitrogens with zero attached hydrogens (tertiary/aromatic N) is 1. The number of carbonyl (C=O) groups is 1. The van der Waals surface area contributed by atoms with Gasteiger partial charge in [0, 0.05) is 6.07 Å². The summed E-state index contributed by atoms with van der Waals surface area (Å²) in [6, 6.07) is 11.5. The molecule has 7 heteroatoms. The van der Waals surface area contributed by atoms with Crippen molar-refractivity contribution < 1.29 is 14.8 Å². The highest BCUT2D eigenvalue weighted by Crippen LogP contribution is 2.28. The van der Waals surface area contributed by atoms with Crippen LogP contribution in [0.15, 0.2) is 42.5 Å². The van der Waals surface area contributed by atoms with E-state index in [1.165, 1.54) is 6.07 Å². The van der Waals surface area contributed by atoms with Crippen LogP contribution in [0.2, 0.25) is 0 Å². The molecule has 0 saturated carbocycles. The van der Waals surface area contributed by atoms with Gasteiger partial charge in [0.25, 0.3) is 5.69 Å². The van der Waals surface area contributed by atoms with Gasteiger partial charge in [-0.25, -0.2) is 4.79 Å². The molecule has 0 aliphatic rings. The number of benzene rings is 2. The van der Waals surface area contributed by atoms with Crippen LogP contribution in [0.5, 0.6) is 0 Å². The fourth-order valence-corrected chi connectivity index (χ4v) is 2.54. The number of aliphatic hydroxyl groups is 1. The predicted octanol–water partition coefficient (Wildman–Crippen LogP) is 3.24. The van der Waals surface area contributed by atoms with Crippen molar-refractivity contribution in [3.8, 4) is 0 Å². The second-order valence-electron chi connectivity index (χ2n) is 6.11. The predicted molar refractivity (Wildman–Crippen MR) is 95.6 cm³/mol. The van der Waals surface area contributed by atoms with Gasteiger partial charge in [-0.3, -0.25) is 10.1 Å². The quantitative estimate of drug-likeness (QED) is 0.572. The molecule has 0 fully saturated rings. The molecule has 2 rings (SSSR count). The number of amides is 2. The largest absolute Gasteiger partial charge is 0.384 e. The Balaban J connectivity index is 2.09. The van der Waals surface area contributed by atoms with Gasteiger partial charge in [0.05, 0.1) is 22.7 Å². The van der Waals surface area contributed by atoms with Crippen LogP contribution >= 0.6 is 0 Å². The summed E-state index contributed by atoms with van der Waals surface area (Å²) in [5, 5.41) is 26.8. The molecule has 0 bridgehead atoms. The Labute approximate surface area is 145 Å². The Morgan fingerprint density at radius 2 is 1.84 bits per heavy atom. The number of nitro benzene ring substituents is 1. The lowest BCUT2D eigenvalue weighted by Gasteiger charge is -2.24. The summed E-state index contributed by atoms with van der Waals surface area (Å²) in [7, 11) is 0. The smallest absolute Gasteiger partial charge is 0.319 e. The second kappa shape index (κ2) is 7.31. The van der Waals surface area contributed by atoms with E-state index in [1.807, 2.05) is 6.07 Å². The third-order valence-electron chi connectivity index (χ3n) is 4.07. The molecular formula is C18H21N3O4. The standard InChI is InChI=1S/C18H21N3O4/c1-12-9-10-15(21(24)25)13(2)16(12)20-17(22)19-11-18(3,23)14-7-5-4-6-8-14/h4-10,23H,11H2,1-3H3,(H2,19,20,22). The Hall–Kier alpha value is -2.93.